The van der Waals surface area contributed by atoms with Crippen LogP contribution >= 0.6 is 24.0 Å². The van der Waals surface area contributed by atoms with Crippen molar-refractivity contribution in [2.75, 3.05) is 0 Å². The Morgan fingerprint density at radius 3 is 3.00 bits per heavy atom. The Kier molecular flexibility index (Phi) is 2.44. The smallest absolute Gasteiger partial charge is 0.141 e. The molecule has 0 aliphatic rings. The quantitative estimate of drug-likeness (QED) is 0.736. The maximum absolute atomic E-state index is 13.3. The molecule has 0 unspecified atom stereocenters. The van der Waals surface area contributed by atoms with Gasteiger partial charge in [-0.3, -0.25) is 0 Å². The van der Waals surface area contributed by atoms with Gasteiger partial charge < -0.3 is 0 Å². The number of benzene rings is 1. The molecule has 14 heavy (non-hydrogen) atoms. The molecule has 0 radical (unpaired) electrons. The first kappa shape index (κ1) is 9.50. The van der Waals surface area contributed by atoms with Crippen molar-refractivity contribution in [3.05, 3.63) is 28.9 Å². The van der Waals surface area contributed by atoms with Crippen LogP contribution in [0.3, 0.4) is 0 Å². The second-order valence-corrected chi connectivity index (χ2v) is 4.23. The number of hydrogen-bond donors (Lipinski definition) is 1. The topological polar surface area (TPSA) is 23.8 Å². The Labute approximate surface area is 90.2 Å². The molecule has 2 aromatic rings. The van der Waals surface area contributed by atoms with Crippen LogP contribution in [0.15, 0.2) is 22.4 Å². The summed E-state index contributed by atoms with van der Waals surface area (Å²) in [6, 6.07) is 5.11. The van der Waals surface area contributed by atoms with Crippen LogP contribution in [0, 0.1) is 17.1 Å². The van der Waals surface area contributed by atoms with Gasteiger partial charge in [-0.1, -0.05) is 6.07 Å². The van der Waals surface area contributed by atoms with Crippen molar-refractivity contribution >= 4 is 34.1 Å². The van der Waals surface area contributed by atoms with E-state index < -0.39 is 0 Å². The number of thiol groups is 1. The monoisotopic (exact) mass is 223 g/mol. The fourth-order valence-corrected chi connectivity index (χ4v) is 2.78. The van der Waals surface area contributed by atoms with Crippen LogP contribution in [0.1, 0.15) is 5.56 Å². The van der Waals surface area contributed by atoms with Gasteiger partial charge in [-0.25, -0.2) is 4.39 Å². The highest BCUT2D eigenvalue weighted by Crippen LogP contribution is 2.33. The highest BCUT2D eigenvalue weighted by molar-refractivity contribution is 7.80. The fourth-order valence-electron chi connectivity index (χ4n) is 1.40. The zero-order valence-corrected chi connectivity index (χ0v) is 8.83. The molecule has 2 rings (SSSR count). The number of fused-ring (bicyclic) bond motifs is 1. The molecule has 1 heterocycles. The number of hydrogen-bond acceptors (Lipinski definition) is 3. The van der Waals surface area contributed by atoms with Gasteiger partial charge in [0.15, 0.2) is 0 Å². The van der Waals surface area contributed by atoms with E-state index in [1.165, 1.54) is 17.4 Å². The molecule has 0 spiro atoms. The minimum atomic E-state index is -0.244. The maximum Gasteiger partial charge on any atom is 0.141 e. The summed E-state index contributed by atoms with van der Waals surface area (Å²) in [5.74, 6) is -0.244. The van der Waals surface area contributed by atoms with Gasteiger partial charge in [-0.2, -0.15) is 5.26 Å². The van der Waals surface area contributed by atoms with Crippen molar-refractivity contribution < 1.29 is 4.39 Å². The van der Waals surface area contributed by atoms with Gasteiger partial charge in [-0.15, -0.1) is 24.0 Å². The highest BCUT2D eigenvalue weighted by atomic mass is 32.1. The van der Waals surface area contributed by atoms with Crippen molar-refractivity contribution in [1.82, 2.24) is 0 Å². The van der Waals surface area contributed by atoms with E-state index in [-0.39, 0.29) is 5.82 Å². The summed E-state index contributed by atoms with van der Waals surface area (Å²) in [5.41, 5.74) is 0.843. The fraction of sp³-hybridized carbons (Fsp3) is 0.100. The third-order valence-corrected chi connectivity index (χ3v) is 3.53. The summed E-state index contributed by atoms with van der Waals surface area (Å²) in [6.45, 7) is 0. The molecule has 0 fully saturated rings. The first-order valence-corrected chi connectivity index (χ1v) is 5.31. The molecule has 1 aromatic heterocycles. The van der Waals surface area contributed by atoms with Crippen LogP contribution in [-0.2, 0) is 6.42 Å². The van der Waals surface area contributed by atoms with Gasteiger partial charge in [0.05, 0.1) is 17.2 Å². The zero-order valence-electron chi connectivity index (χ0n) is 7.12. The van der Waals surface area contributed by atoms with Crippen molar-refractivity contribution in [2.24, 2.45) is 0 Å². The molecule has 0 bridgehead atoms. The van der Waals surface area contributed by atoms with E-state index in [0.29, 0.717) is 11.1 Å². The largest absolute Gasteiger partial charge is 0.205 e. The van der Waals surface area contributed by atoms with E-state index in [1.54, 1.807) is 11.4 Å². The second kappa shape index (κ2) is 3.60. The Hall–Kier alpha value is -1.05. The van der Waals surface area contributed by atoms with Crippen LogP contribution in [-0.4, -0.2) is 0 Å². The van der Waals surface area contributed by atoms with E-state index in [4.69, 9.17) is 5.26 Å². The summed E-state index contributed by atoms with van der Waals surface area (Å²) in [7, 11) is 0. The maximum atomic E-state index is 13.3. The van der Waals surface area contributed by atoms with E-state index in [1.807, 2.05) is 0 Å². The highest BCUT2D eigenvalue weighted by Gasteiger charge is 2.10. The van der Waals surface area contributed by atoms with Crippen molar-refractivity contribution in [3.8, 4) is 6.07 Å². The summed E-state index contributed by atoms with van der Waals surface area (Å²) < 4.78 is 13.9. The Morgan fingerprint density at radius 2 is 2.29 bits per heavy atom. The predicted molar refractivity (Wildman–Crippen MR) is 58.4 cm³/mol. The van der Waals surface area contributed by atoms with Crippen molar-refractivity contribution in [3.63, 3.8) is 0 Å². The third kappa shape index (κ3) is 1.39. The van der Waals surface area contributed by atoms with Crippen molar-refractivity contribution in [1.29, 1.82) is 5.26 Å². The van der Waals surface area contributed by atoms with Crippen molar-refractivity contribution in [2.45, 2.75) is 11.3 Å². The van der Waals surface area contributed by atoms with E-state index in [2.05, 4.69) is 18.7 Å². The van der Waals surface area contributed by atoms with Gasteiger partial charge >= 0.3 is 0 Å². The lowest BCUT2D eigenvalue weighted by Crippen LogP contribution is -1.85. The lowest BCUT2D eigenvalue weighted by Gasteiger charge is -1.99. The molecule has 0 N–H and O–H groups in total. The first-order valence-electron chi connectivity index (χ1n) is 3.98. The summed E-state index contributed by atoms with van der Waals surface area (Å²) in [4.78, 5) is 0.745. The molecule has 1 nitrogen and oxygen atoms in total. The Bertz CT molecular complexity index is 525. The number of rotatable bonds is 1. The normalized spacial score (nSPS) is 10.4. The van der Waals surface area contributed by atoms with Gasteiger partial charge in [0.2, 0.25) is 0 Å². The molecular weight excluding hydrogens is 217 g/mol. The Morgan fingerprint density at radius 1 is 1.50 bits per heavy atom. The van der Waals surface area contributed by atoms with Crippen LogP contribution in [0.2, 0.25) is 0 Å². The summed E-state index contributed by atoms with van der Waals surface area (Å²) in [6.07, 6.45) is 0.293. The summed E-state index contributed by atoms with van der Waals surface area (Å²) in [5, 5.41) is 11.2. The molecular formula is C10H6FNS2. The number of nitriles is 1. The van der Waals surface area contributed by atoms with Gasteiger partial charge in [0.1, 0.15) is 5.82 Å². The van der Waals surface area contributed by atoms with Crippen LogP contribution in [0.25, 0.3) is 10.1 Å². The minimum absolute atomic E-state index is 0.244. The number of halogens is 1. The minimum Gasteiger partial charge on any atom is -0.205 e. The van der Waals surface area contributed by atoms with E-state index >= 15 is 0 Å². The summed E-state index contributed by atoms with van der Waals surface area (Å²) >= 11 is 5.57. The lowest BCUT2D eigenvalue weighted by molar-refractivity contribution is 0.641. The molecule has 0 aliphatic carbocycles. The van der Waals surface area contributed by atoms with Gasteiger partial charge in [0, 0.05) is 15.7 Å². The number of thiophene rings is 1. The average Bonchev–Trinajstić information content (AvgIpc) is 2.55. The third-order valence-electron chi connectivity index (χ3n) is 2.01. The standard InChI is InChI=1S/C10H6FNS2/c11-7-2-1-6(3-4-12)9-8(13)5-14-10(7)9/h1-2,5,13H,3H2. The van der Waals surface area contributed by atoms with Crippen LogP contribution in [0.4, 0.5) is 4.39 Å². The van der Waals surface area contributed by atoms with Crippen LogP contribution < -0.4 is 0 Å². The lowest BCUT2D eigenvalue weighted by atomic mass is 10.1. The van der Waals surface area contributed by atoms with E-state index in [9.17, 15) is 4.39 Å². The SMILES string of the molecule is N#CCc1ccc(F)c2scc(S)c12. The second-order valence-electron chi connectivity index (χ2n) is 2.87. The molecule has 0 saturated carbocycles. The average molecular weight is 223 g/mol. The molecule has 0 aliphatic heterocycles. The molecule has 1 aromatic carbocycles. The zero-order chi connectivity index (χ0) is 10.1. The first-order chi connectivity index (χ1) is 6.74. The van der Waals surface area contributed by atoms with E-state index in [0.717, 1.165) is 15.8 Å². The molecule has 4 heteroatoms. The molecule has 0 saturated heterocycles. The van der Waals surface area contributed by atoms with Crippen LogP contribution in [0.5, 0.6) is 0 Å². The molecule has 0 atom stereocenters. The Balaban J connectivity index is 2.80. The van der Waals surface area contributed by atoms with Gasteiger partial charge in [-0.05, 0) is 11.6 Å². The molecule has 70 valence electrons. The number of nitrogens with zero attached hydrogens (tertiary/aromatic N) is 1. The molecule has 0 amide bonds. The predicted octanol–water partition coefficient (Wildman–Crippen LogP) is 3.40. The van der Waals surface area contributed by atoms with Gasteiger partial charge in [0.25, 0.3) is 0 Å².